The monoisotopic (exact) mass is 582 g/mol. The van der Waals surface area contributed by atoms with Crippen LogP contribution in [0, 0.1) is 0 Å². The zero-order valence-corrected chi connectivity index (χ0v) is 22.6. The molecule has 2 N–H and O–H groups in total. The van der Waals surface area contributed by atoms with Crippen LogP contribution in [0.2, 0.25) is 0 Å². The van der Waals surface area contributed by atoms with Crippen molar-refractivity contribution < 1.29 is 17.7 Å². The van der Waals surface area contributed by atoms with E-state index < -0.39 is 18.9 Å². The quantitative estimate of drug-likeness (QED) is 0.359. The van der Waals surface area contributed by atoms with Crippen molar-refractivity contribution in [3.8, 4) is 0 Å². The van der Waals surface area contributed by atoms with Crippen molar-refractivity contribution in [1.82, 2.24) is 14.9 Å². The van der Waals surface area contributed by atoms with Gasteiger partial charge in [0.15, 0.2) is 0 Å². The summed E-state index contributed by atoms with van der Waals surface area (Å²) in [4.78, 5) is 12.5. The van der Waals surface area contributed by atoms with E-state index in [1.165, 1.54) is 12.3 Å². The van der Waals surface area contributed by atoms with Crippen LogP contribution in [0.5, 0.6) is 0 Å². The predicted octanol–water partition coefficient (Wildman–Crippen LogP) is 5.74. The first-order chi connectivity index (χ1) is 16.9. The second-order valence-corrected chi connectivity index (χ2v) is 13.1. The molecule has 7 nitrogen and oxygen atoms in total. The van der Waals surface area contributed by atoms with Crippen LogP contribution in [-0.4, -0.2) is 61.4 Å². The fraction of sp³-hybridized carbons (Fsp3) is 0.333. The van der Waals surface area contributed by atoms with Gasteiger partial charge in [0.2, 0.25) is 5.95 Å². The topological polar surface area (TPSA) is 73.4 Å². The van der Waals surface area contributed by atoms with E-state index in [0.29, 0.717) is 47.5 Å². The fourth-order valence-electron chi connectivity index (χ4n) is 3.98. The molecule has 192 valence electrons. The van der Waals surface area contributed by atoms with Gasteiger partial charge in [-0.3, -0.25) is 0 Å². The highest BCUT2D eigenvalue weighted by molar-refractivity contribution is 9.10. The third-order valence-electron chi connectivity index (χ3n) is 5.88. The Bertz CT molecular complexity index is 1290. The van der Waals surface area contributed by atoms with Gasteiger partial charge in [0.25, 0.3) is 0 Å². The van der Waals surface area contributed by atoms with Gasteiger partial charge in [0.05, 0.1) is 15.7 Å². The zero-order chi connectivity index (χ0) is 26.1. The molecule has 36 heavy (non-hydrogen) atoms. The van der Waals surface area contributed by atoms with Crippen LogP contribution in [0.25, 0.3) is 0 Å². The third kappa shape index (κ3) is 6.19. The minimum atomic E-state index is -4.51. The number of anilines is 5. The summed E-state index contributed by atoms with van der Waals surface area (Å²) < 4.78 is 55.1. The Labute approximate surface area is 216 Å². The van der Waals surface area contributed by atoms with Crippen molar-refractivity contribution in [2.75, 3.05) is 62.1 Å². The number of piperazine rings is 1. The number of para-hydroxylation sites is 1. The summed E-state index contributed by atoms with van der Waals surface area (Å²) in [6, 6.07) is 11.4. The van der Waals surface area contributed by atoms with Gasteiger partial charge in [-0.25, -0.2) is 4.98 Å². The van der Waals surface area contributed by atoms with Gasteiger partial charge in [-0.1, -0.05) is 12.1 Å². The van der Waals surface area contributed by atoms with Crippen molar-refractivity contribution in [2.45, 2.75) is 6.18 Å². The van der Waals surface area contributed by atoms with E-state index in [4.69, 9.17) is 0 Å². The minimum Gasteiger partial charge on any atom is -0.368 e. The summed E-state index contributed by atoms with van der Waals surface area (Å²) in [6.07, 6.45) is -3.01. The molecule has 0 radical (unpaired) electrons. The maximum atomic E-state index is 14.0. The van der Waals surface area contributed by atoms with Crippen LogP contribution in [0.3, 0.4) is 0 Å². The summed E-state index contributed by atoms with van der Waals surface area (Å²) in [5.74, 6) is 0.508. The molecule has 3 aromatic rings. The SMILES string of the molecule is CN1CCN(c2ccc(Nc3ncc(Br)c(Nc4ccccc4P(C)(C)=O)n3)cc2C(F)(F)F)CC1. The van der Waals surface area contributed by atoms with E-state index in [1.807, 2.05) is 19.2 Å². The minimum absolute atomic E-state index is 0.120. The molecule has 1 aromatic heterocycles. The second-order valence-electron chi connectivity index (χ2n) is 9.03. The second kappa shape index (κ2) is 10.4. The number of hydrogen-bond acceptors (Lipinski definition) is 7. The molecular weight excluding hydrogens is 556 g/mol. The van der Waals surface area contributed by atoms with Gasteiger partial charge >= 0.3 is 6.18 Å². The first-order valence-corrected chi connectivity index (χ1v) is 14.7. The maximum absolute atomic E-state index is 14.0. The lowest BCUT2D eigenvalue weighted by Crippen LogP contribution is -2.45. The molecule has 1 aliphatic heterocycles. The Morgan fingerprint density at radius 2 is 1.72 bits per heavy atom. The smallest absolute Gasteiger partial charge is 0.368 e. The van der Waals surface area contributed by atoms with Gasteiger partial charge in [-0.15, -0.1) is 0 Å². The lowest BCUT2D eigenvalue weighted by Gasteiger charge is -2.35. The maximum Gasteiger partial charge on any atom is 0.418 e. The molecule has 12 heteroatoms. The summed E-state index contributed by atoms with van der Waals surface area (Å²) in [6.45, 7) is 5.82. The standard InChI is InChI=1S/C24H27BrF3N6OP/c1-33-10-12-34(13-11-33)20-9-8-16(14-17(20)24(26,27)28)30-23-29-15-18(25)22(32-23)31-19-6-4-5-7-21(19)36(2,3)35/h4-9,14-15H,10-13H2,1-3H3,(H2,29,30,31,32). The Morgan fingerprint density at radius 3 is 2.39 bits per heavy atom. The average molecular weight is 583 g/mol. The number of nitrogens with one attached hydrogen (secondary N) is 2. The predicted molar refractivity (Wildman–Crippen MR) is 143 cm³/mol. The third-order valence-corrected chi connectivity index (χ3v) is 8.01. The van der Waals surface area contributed by atoms with E-state index in [2.05, 4.69) is 41.4 Å². The van der Waals surface area contributed by atoms with Crippen molar-refractivity contribution in [1.29, 1.82) is 0 Å². The number of alkyl halides is 3. The summed E-state index contributed by atoms with van der Waals surface area (Å²) in [7, 11) is -0.610. The normalized spacial score (nSPS) is 15.1. The van der Waals surface area contributed by atoms with E-state index in [1.54, 1.807) is 36.4 Å². The molecular formula is C24H27BrF3N6OP. The Hall–Kier alpha value is -2.62. The molecule has 0 atom stereocenters. The molecule has 0 bridgehead atoms. The van der Waals surface area contributed by atoms with Gasteiger partial charge in [-0.05, 0) is 66.6 Å². The van der Waals surface area contributed by atoms with E-state index in [0.717, 1.165) is 6.07 Å². The van der Waals surface area contributed by atoms with Crippen LogP contribution in [0.1, 0.15) is 5.56 Å². The first kappa shape index (κ1) is 26.4. The molecule has 0 spiro atoms. The van der Waals surface area contributed by atoms with Crippen LogP contribution >= 0.6 is 23.1 Å². The summed E-state index contributed by atoms with van der Waals surface area (Å²) >= 11 is 3.40. The number of aromatic nitrogens is 2. The number of likely N-dealkylation sites (N-methyl/N-ethyl adjacent to an activating group) is 1. The largest absolute Gasteiger partial charge is 0.418 e. The first-order valence-electron chi connectivity index (χ1n) is 11.3. The van der Waals surface area contributed by atoms with Gasteiger partial charge in [0, 0.05) is 49.1 Å². The zero-order valence-electron chi connectivity index (χ0n) is 20.1. The molecule has 0 unspecified atom stereocenters. The van der Waals surface area contributed by atoms with Crippen LogP contribution in [0.4, 0.5) is 42.0 Å². The number of benzene rings is 2. The van der Waals surface area contributed by atoms with E-state index in [-0.39, 0.29) is 17.3 Å². The summed E-state index contributed by atoms with van der Waals surface area (Å²) in [5, 5.41) is 6.72. The van der Waals surface area contributed by atoms with Crippen molar-refractivity contribution in [3.63, 3.8) is 0 Å². The Kier molecular flexibility index (Phi) is 7.64. The Balaban J connectivity index is 1.61. The molecule has 1 saturated heterocycles. The number of halogens is 4. The average Bonchev–Trinajstić information content (AvgIpc) is 2.81. The van der Waals surface area contributed by atoms with Crippen molar-refractivity contribution >= 4 is 57.2 Å². The highest BCUT2D eigenvalue weighted by atomic mass is 79.9. The molecule has 4 rings (SSSR count). The van der Waals surface area contributed by atoms with E-state index in [9.17, 15) is 17.7 Å². The highest BCUT2D eigenvalue weighted by Crippen LogP contribution is 2.40. The molecule has 1 fully saturated rings. The molecule has 0 amide bonds. The van der Waals surface area contributed by atoms with Crippen LogP contribution in [0.15, 0.2) is 53.1 Å². The lowest BCUT2D eigenvalue weighted by molar-refractivity contribution is -0.137. The molecule has 2 heterocycles. The molecule has 0 aliphatic carbocycles. The number of rotatable bonds is 6. The van der Waals surface area contributed by atoms with Gasteiger partial charge in [0.1, 0.15) is 13.0 Å². The van der Waals surface area contributed by atoms with Crippen LogP contribution < -0.4 is 20.8 Å². The fourth-order valence-corrected chi connectivity index (χ4v) is 5.43. The van der Waals surface area contributed by atoms with Gasteiger partial charge < -0.3 is 25.0 Å². The van der Waals surface area contributed by atoms with Crippen LogP contribution in [-0.2, 0) is 10.7 Å². The lowest BCUT2D eigenvalue weighted by atomic mass is 10.1. The van der Waals surface area contributed by atoms with Gasteiger partial charge in [-0.2, -0.15) is 18.2 Å². The van der Waals surface area contributed by atoms with Crippen molar-refractivity contribution in [3.05, 3.63) is 58.7 Å². The molecule has 0 saturated carbocycles. The van der Waals surface area contributed by atoms with E-state index >= 15 is 0 Å². The summed E-state index contributed by atoms with van der Waals surface area (Å²) in [5.41, 5.74) is 0.316. The Morgan fingerprint density at radius 1 is 1.03 bits per heavy atom. The number of hydrogen-bond donors (Lipinski definition) is 2. The molecule has 2 aromatic carbocycles. The van der Waals surface area contributed by atoms with Crippen molar-refractivity contribution in [2.24, 2.45) is 0 Å². The number of nitrogens with zero attached hydrogens (tertiary/aromatic N) is 4. The molecule has 1 aliphatic rings. The highest BCUT2D eigenvalue weighted by Gasteiger charge is 2.36.